The van der Waals surface area contributed by atoms with Gasteiger partial charge in [0.15, 0.2) is 0 Å². The molecular formula is C19H18N2O2. The minimum Gasteiger partial charge on any atom is -0.459 e. The van der Waals surface area contributed by atoms with E-state index < -0.39 is 6.04 Å². The first-order valence-corrected chi connectivity index (χ1v) is 7.86. The fourth-order valence-corrected chi connectivity index (χ4v) is 3.19. The molecule has 4 rings (SSSR count). The summed E-state index contributed by atoms with van der Waals surface area (Å²) in [7, 11) is 0. The highest BCUT2D eigenvalue weighted by atomic mass is 16.5. The number of carbonyl (C=O) groups excluding carboxylic acids is 1. The highest BCUT2D eigenvalue weighted by Gasteiger charge is 2.30. The lowest BCUT2D eigenvalue weighted by atomic mass is 9.99. The van der Waals surface area contributed by atoms with Gasteiger partial charge in [-0.25, -0.2) is 4.79 Å². The molecule has 1 aliphatic rings. The van der Waals surface area contributed by atoms with Crippen LogP contribution in [-0.4, -0.2) is 17.5 Å². The van der Waals surface area contributed by atoms with Gasteiger partial charge in [0.1, 0.15) is 12.6 Å². The van der Waals surface area contributed by atoms with Crippen LogP contribution in [0.3, 0.4) is 0 Å². The molecule has 2 heterocycles. The molecule has 0 spiro atoms. The summed E-state index contributed by atoms with van der Waals surface area (Å²) in [6.45, 7) is 1.08. The van der Waals surface area contributed by atoms with Crippen molar-refractivity contribution in [3.63, 3.8) is 0 Å². The minimum absolute atomic E-state index is 0.235. The smallest absolute Gasteiger partial charge is 0.329 e. The Labute approximate surface area is 134 Å². The maximum atomic E-state index is 12.5. The molecule has 0 aliphatic carbocycles. The molecule has 23 heavy (non-hydrogen) atoms. The van der Waals surface area contributed by atoms with Gasteiger partial charge in [0.2, 0.25) is 0 Å². The van der Waals surface area contributed by atoms with E-state index >= 15 is 0 Å². The third-order valence-electron chi connectivity index (χ3n) is 4.32. The molecule has 1 aliphatic heterocycles. The van der Waals surface area contributed by atoms with E-state index in [0.717, 1.165) is 29.7 Å². The number of rotatable bonds is 3. The molecule has 0 unspecified atom stereocenters. The predicted molar refractivity (Wildman–Crippen MR) is 89.0 cm³/mol. The molecule has 0 amide bonds. The van der Waals surface area contributed by atoms with Crippen LogP contribution in [0.1, 0.15) is 22.9 Å². The summed E-state index contributed by atoms with van der Waals surface area (Å²) in [5.41, 5.74) is 4.23. The molecule has 1 atom stereocenters. The van der Waals surface area contributed by atoms with Crippen LogP contribution in [0.5, 0.6) is 0 Å². The molecule has 2 aromatic carbocycles. The lowest BCUT2D eigenvalue weighted by Gasteiger charge is -2.22. The number of hydrogen-bond donors (Lipinski definition) is 2. The average Bonchev–Trinajstić information content (AvgIpc) is 2.99. The van der Waals surface area contributed by atoms with Crippen LogP contribution in [0.25, 0.3) is 10.9 Å². The fraction of sp³-hybridized carbons (Fsp3) is 0.211. The van der Waals surface area contributed by atoms with E-state index in [0.29, 0.717) is 6.61 Å². The van der Waals surface area contributed by atoms with Crippen molar-refractivity contribution in [1.82, 2.24) is 10.3 Å². The summed E-state index contributed by atoms with van der Waals surface area (Å²) in [6.07, 6.45) is 0.918. The molecule has 2 N–H and O–H groups in total. The summed E-state index contributed by atoms with van der Waals surface area (Å²) in [5, 5.41) is 4.47. The van der Waals surface area contributed by atoms with Crippen molar-refractivity contribution in [2.24, 2.45) is 0 Å². The Kier molecular flexibility index (Phi) is 3.60. The minimum atomic E-state index is -0.421. The van der Waals surface area contributed by atoms with Crippen molar-refractivity contribution in [2.45, 2.75) is 19.1 Å². The largest absolute Gasteiger partial charge is 0.459 e. The van der Waals surface area contributed by atoms with E-state index in [1.54, 1.807) is 0 Å². The van der Waals surface area contributed by atoms with Crippen molar-refractivity contribution < 1.29 is 9.53 Å². The van der Waals surface area contributed by atoms with Gasteiger partial charge in [-0.15, -0.1) is 0 Å². The van der Waals surface area contributed by atoms with Crippen molar-refractivity contribution >= 4 is 16.9 Å². The van der Waals surface area contributed by atoms with Gasteiger partial charge < -0.3 is 9.72 Å². The van der Waals surface area contributed by atoms with Crippen LogP contribution in [0.4, 0.5) is 0 Å². The van der Waals surface area contributed by atoms with Gasteiger partial charge >= 0.3 is 5.97 Å². The van der Waals surface area contributed by atoms with Crippen molar-refractivity contribution in [3.8, 4) is 0 Å². The van der Waals surface area contributed by atoms with Gasteiger partial charge in [-0.1, -0.05) is 48.5 Å². The molecule has 4 nitrogen and oxygen atoms in total. The summed E-state index contributed by atoms with van der Waals surface area (Å²) >= 11 is 0. The quantitative estimate of drug-likeness (QED) is 0.731. The topological polar surface area (TPSA) is 54.1 Å². The SMILES string of the molecule is O=C(OCc1ccccc1)[C@H]1NCCc2c1[nH]c1ccccc21. The summed E-state index contributed by atoms with van der Waals surface area (Å²) in [4.78, 5) is 15.9. The molecule has 0 bridgehead atoms. The summed E-state index contributed by atoms with van der Waals surface area (Å²) < 4.78 is 5.50. The second-order valence-corrected chi connectivity index (χ2v) is 5.79. The molecule has 3 aromatic rings. The number of H-pyrrole nitrogens is 1. The molecule has 0 radical (unpaired) electrons. The Morgan fingerprint density at radius 2 is 1.87 bits per heavy atom. The van der Waals surface area contributed by atoms with E-state index in [4.69, 9.17) is 4.74 Å². The van der Waals surface area contributed by atoms with Gasteiger partial charge in [-0.05, 0) is 23.6 Å². The van der Waals surface area contributed by atoms with Gasteiger partial charge in [0.05, 0.1) is 0 Å². The second-order valence-electron chi connectivity index (χ2n) is 5.79. The summed E-state index contributed by atoms with van der Waals surface area (Å²) in [5.74, 6) is -0.235. The number of para-hydroxylation sites is 1. The average molecular weight is 306 g/mol. The lowest BCUT2D eigenvalue weighted by Crippen LogP contribution is -2.36. The Bertz CT molecular complexity index is 839. The zero-order chi connectivity index (χ0) is 15.6. The Morgan fingerprint density at radius 3 is 2.74 bits per heavy atom. The van der Waals surface area contributed by atoms with Gasteiger partial charge in [0, 0.05) is 23.1 Å². The normalized spacial score (nSPS) is 17.0. The van der Waals surface area contributed by atoms with Crippen LogP contribution >= 0.6 is 0 Å². The van der Waals surface area contributed by atoms with Crippen molar-refractivity contribution in [3.05, 3.63) is 71.4 Å². The van der Waals surface area contributed by atoms with E-state index in [9.17, 15) is 4.79 Å². The standard InChI is InChI=1S/C19H18N2O2/c22-19(23-12-13-6-2-1-3-7-13)18-17-15(10-11-20-18)14-8-4-5-9-16(14)21-17/h1-9,18,20-21H,10-12H2/t18-/m0/s1. The van der Waals surface area contributed by atoms with E-state index in [-0.39, 0.29) is 5.97 Å². The number of hydrogen-bond acceptors (Lipinski definition) is 3. The van der Waals surface area contributed by atoms with Crippen LogP contribution in [0, 0.1) is 0 Å². The van der Waals surface area contributed by atoms with Crippen LogP contribution in [0.2, 0.25) is 0 Å². The number of fused-ring (bicyclic) bond motifs is 3. The highest BCUT2D eigenvalue weighted by Crippen LogP contribution is 2.30. The van der Waals surface area contributed by atoms with Crippen molar-refractivity contribution in [1.29, 1.82) is 0 Å². The zero-order valence-electron chi connectivity index (χ0n) is 12.7. The third kappa shape index (κ3) is 2.62. The first-order valence-electron chi connectivity index (χ1n) is 7.86. The van der Waals surface area contributed by atoms with E-state index in [1.165, 1.54) is 10.9 Å². The van der Waals surface area contributed by atoms with Crippen LogP contribution in [0.15, 0.2) is 54.6 Å². The number of aromatic amines is 1. The monoisotopic (exact) mass is 306 g/mol. The Hall–Kier alpha value is -2.59. The molecule has 1 aromatic heterocycles. The fourth-order valence-electron chi connectivity index (χ4n) is 3.19. The van der Waals surface area contributed by atoms with Gasteiger partial charge in [-0.3, -0.25) is 5.32 Å². The maximum Gasteiger partial charge on any atom is 0.329 e. The number of nitrogens with one attached hydrogen (secondary N) is 2. The number of benzene rings is 2. The predicted octanol–water partition coefficient (Wildman–Crippen LogP) is 3.10. The van der Waals surface area contributed by atoms with Crippen LogP contribution < -0.4 is 5.32 Å². The van der Waals surface area contributed by atoms with E-state index in [2.05, 4.69) is 16.4 Å². The first kappa shape index (κ1) is 14.0. The maximum absolute atomic E-state index is 12.5. The Morgan fingerprint density at radius 1 is 1.09 bits per heavy atom. The number of ether oxygens (including phenoxy) is 1. The number of carbonyl (C=O) groups is 1. The van der Waals surface area contributed by atoms with Crippen molar-refractivity contribution in [2.75, 3.05) is 6.54 Å². The summed E-state index contributed by atoms with van der Waals surface area (Å²) in [6, 6.07) is 17.5. The van der Waals surface area contributed by atoms with Crippen LogP contribution in [-0.2, 0) is 22.6 Å². The molecular weight excluding hydrogens is 288 g/mol. The molecule has 116 valence electrons. The van der Waals surface area contributed by atoms with E-state index in [1.807, 2.05) is 48.5 Å². The second kappa shape index (κ2) is 5.89. The number of esters is 1. The van der Waals surface area contributed by atoms with Gasteiger partial charge in [0.25, 0.3) is 0 Å². The number of aromatic nitrogens is 1. The molecule has 0 fully saturated rings. The van der Waals surface area contributed by atoms with Gasteiger partial charge in [-0.2, -0.15) is 0 Å². The molecule has 0 saturated carbocycles. The lowest BCUT2D eigenvalue weighted by molar-refractivity contribution is -0.148. The molecule has 4 heteroatoms. The third-order valence-corrected chi connectivity index (χ3v) is 4.32. The highest BCUT2D eigenvalue weighted by molar-refractivity contribution is 5.88. The zero-order valence-corrected chi connectivity index (χ0v) is 12.7. The Balaban J connectivity index is 1.57. The first-order chi connectivity index (χ1) is 11.3. The molecule has 0 saturated heterocycles.